The molecule has 0 bridgehead atoms. The van der Waals surface area contributed by atoms with Crippen LogP contribution in [-0.2, 0) is 90.5 Å². The van der Waals surface area contributed by atoms with Crippen LogP contribution in [0.2, 0.25) is 0 Å². The third-order valence-electron chi connectivity index (χ3n) is 22.3. The number of hydrogen-bond donors (Lipinski definition) is 12. The highest BCUT2D eigenvalue weighted by Crippen LogP contribution is 2.77. The molecule has 0 unspecified atom stereocenters. The predicted molar refractivity (Wildman–Crippen MR) is 309 cm³/mol. The van der Waals surface area contributed by atoms with E-state index >= 15 is 0 Å². The van der Waals surface area contributed by atoms with Gasteiger partial charge in [-0.3, -0.25) is 18.9 Å². The molecule has 9 fully saturated rings. The quantitative estimate of drug-likeness (QED) is 0.0347. The second-order valence-electron chi connectivity index (χ2n) is 28.9. The van der Waals surface area contributed by atoms with Crippen LogP contribution in [0.3, 0.4) is 0 Å². The molecule has 3 saturated carbocycles. The largest absolute Gasteiger partial charge is 0.462 e. The third-order valence-corrected chi connectivity index (χ3v) is 22.8. The summed E-state index contributed by atoms with van der Waals surface area (Å²) in [6, 6.07) is 0. The Labute approximate surface area is 539 Å². The number of ether oxygens (including phenoxy) is 13. The third kappa shape index (κ3) is 13.2. The van der Waals surface area contributed by atoms with Crippen LogP contribution in [0, 0.1) is 45.3 Å². The number of esters is 2. The lowest BCUT2D eigenvalue weighted by molar-refractivity contribution is -0.407. The van der Waals surface area contributed by atoms with Crippen molar-refractivity contribution in [1.29, 1.82) is 0 Å². The summed E-state index contributed by atoms with van der Waals surface area (Å²) < 4.78 is 119. The van der Waals surface area contributed by atoms with Crippen molar-refractivity contribution in [2.75, 3.05) is 33.5 Å². The zero-order valence-corrected chi connectivity index (χ0v) is 54.7. The maximum absolute atomic E-state index is 14.8. The van der Waals surface area contributed by atoms with Gasteiger partial charge in [-0.05, 0) is 81.0 Å². The minimum Gasteiger partial charge on any atom is -0.462 e. The first-order valence-electron chi connectivity index (χ1n) is 32.1. The van der Waals surface area contributed by atoms with E-state index in [2.05, 4.69) is 19.9 Å². The molecule has 0 aromatic heterocycles. The molecule has 0 radical (unpaired) electrons. The molecular formula is C61H96O31S. The molecule has 93 heavy (non-hydrogen) atoms. The van der Waals surface area contributed by atoms with Gasteiger partial charge in [-0.2, -0.15) is 8.42 Å². The first-order chi connectivity index (χ1) is 43.5. The molecule has 6 heterocycles. The Balaban J connectivity index is 0.943. The zero-order valence-electron chi connectivity index (χ0n) is 53.8. The second kappa shape index (κ2) is 27.5. The van der Waals surface area contributed by atoms with Gasteiger partial charge < -0.3 is 118 Å². The van der Waals surface area contributed by atoms with E-state index in [1.54, 1.807) is 6.92 Å². The fourth-order valence-corrected chi connectivity index (χ4v) is 18.4. The summed E-state index contributed by atoms with van der Waals surface area (Å²) in [5.41, 5.74) is -3.33. The maximum atomic E-state index is 14.8. The topological polar surface area (TPSA) is 457 Å². The average Bonchev–Trinajstić information content (AvgIpc) is 1.52. The Hall–Kier alpha value is -2.66. The van der Waals surface area contributed by atoms with Gasteiger partial charge in [0, 0.05) is 32.3 Å². The lowest BCUT2D eigenvalue weighted by Gasteiger charge is -2.64. The van der Waals surface area contributed by atoms with E-state index in [0.717, 1.165) is 12.7 Å². The highest BCUT2D eigenvalue weighted by atomic mass is 32.3. The molecule has 532 valence electrons. The van der Waals surface area contributed by atoms with Crippen molar-refractivity contribution in [2.24, 2.45) is 45.3 Å². The zero-order chi connectivity index (χ0) is 68.1. The molecule has 6 aliphatic heterocycles. The van der Waals surface area contributed by atoms with Gasteiger partial charge in [0.25, 0.3) is 0 Å². The van der Waals surface area contributed by atoms with E-state index in [0.29, 0.717) is 44.9 Å². The van der Waals surface area contributed by atoms with E-state index in [-0.39, 0.29) is 30.0 Å². The normalized spacial score (nSPS) is 49.8. The van der Waals surface area contributed by atoms with Crippen molar-refractivity contribution in [3.8, 4) is 0 Å². The summed E-state index contributed by atoms with van der Waals surface area (Å²) >= 11 is 0. The number of fused-ring (bicyclic) bond motifs is 4. The standard InChI is InChI=1S/C61H96O31S/c1-24(2)17-27(65)18-60(9)50-31(83-26(4)64)19-59(8)29-11-12-35-57(5,6)36(14-15-58(35,7)28(29)13-16-61(50,59)56(75)91-60)86-54-48(41(71)34(23-81-54)92-93(76,77)78)89-55-49(90-51-42(72)38(68)30(66)22-80-51)47(37(67)25(3)82-55)88-53-44(74)46(40(70)33(21-63)85-53)87-52-43(73)45(79-10)39(69)32(20-62)84-52/h11,24-25,28,30-55,62-63,66-74H,12-23H2,1-10H3,(H,76,77,78)/t25-,28+,30-,31+,32-,33-,34-,35+,36+,37-,38+,39-,40-,41+,42-,43-,44-,45+,46+,47+,48-,49-,50-,51+,52+,53+,54+,55+,58-,59+,60+,61-/m1/s1. The van der Waals surface area contributed by atoms with E-state index < -0.39 is 235 Å². The van der Waals surface area contributed by atoms with Crippen molar-refractivity contribution in [1.82, 2.24) is 0 Å². The molecule has 10 aliphatic rings. The van der Waals surface area contributed by atoms with Crippen LogP contribution in [-0.4, -0.2) is 280 Å². The molecule has 12 N–H and O–H groups in total. The molecule has 4 aliphatic carbocycles. The van der Waals surface area contributed by atoms with E-state index in [1.807, 2.05) is 27.7 Å². The van der Waals surface area contributed by atoms with Crippen LogP contribution < -0.4 is 0 Å². The Bertz CT molecular complexity index is 2810. The fraction of sp³-hybridized carbons (Fsp3) is 0.918. The lowest BCUT2D eigenvalue weighted by atomic mass is 9.41. The number of Topliss-reactive ketones (excluding diaryl/α,β-unsaturated/α-hetero) is 1. The van der Waals surface area contributed by atoms with Gasteiger partial charge in [0.2, 0.25) is 0 Å². The molecule has 10 rings (SSSR count). The number of carbonyl (C=O) groups is 3. The second-order valence-corrected chi connectivity index (χ2v) is 29.9. The number of aliphatic hydroxyl groups excluding tert-OH is 11. The number of allylic oxidation sites excluding steroid dienone is 2. The fourth-order valence-electron chi connectivity index (χ4n) is 17.9. The number of ketones is 1. The molecule has 0 aromatic carbocycles. The first-order valence-corrected chi connectivity index (χ1v) is 33.5. The molecule has 32 atom stereocenters. The number of rotatable bonds is 20. The summed E-state index contributed by atoms with van der Waals surface area (Å²) in [5.74, 6) is -1.74. The van der Waals surface area contributed by atoms with Gasteiger partial charge >= 0.3 is 22.3 Å². The van der Waals surface area contributed by atoms with Crippen LogP contribution >= 0.6 is 0 Å². The van der Waals surface area contributed by atoms with Crippen LogP contribution in [0.5, 0.6) is 0 Å². The predicted octanol–water partition coefficient (Wildman–Crippen LogP) is -2.30. The number of methoxy groups -OCH3 is 1. The molecule has 6 saturated heterocycles. The van der Waals surface area contributed by atoms with E-state index in [9.17, 15) is 83.5 Å². The van der Waals surface area contributed by atoms with Crippen LogP contribution in [0.4, 0.5) is 0 Å². The summed E-state index contributed by atoms with van der Waals surface area (Å²) in [4.78, 5) is 41.2. The average molecular weight is 1360 g/mol. The summed E-state index contributed by atoms with van der Waals surface area (Å²) in [7, 11) is -4.16. The summed E-state index contributed by atoms with van der Waals surface area (Å²) in [6.45, 7) is 13.6. The van der Waals surface area contributed by atoms with Gasteiger partial charge in [-0.15, -0.1) is 0 Å². The van der Waals surface area contributed by atoms with Crippen LogP contribution in [0.25, 0.3) is 0 Å². The maximum Gasteiger partial charge on any atom is 0.397 e. The van der Waals surface area contributed by atoms with Crippen molar-refractivity contribution >= 4 is 28.1 Å². The molecule has 0 aromatic rings. The van der Waals surface area contributed by atoms with Crippen LogP contribution in [0.1, 0.15) is 114 Å². The van der Waals surface area contributed by atoms with Crippen molar-refractivity contribution in [2.45, 2.75) is 273 Å². The minimum atomic E-state index is -5.31. The first kappa shape index (κ1) is 73.1. The molecule has 31 nitrogen and oxygen atoms in total. The monoisotopic (exact) mass is 1360 g/mol. The summed E-state index contributed by atoms with van der Waals surface area (Å²) in [6.07, 6.45) is -38.2. The van der Waals surface area contributed by atoms with Crippen molar-refractivity contribution in [3.63, 3.8) is 0 Å². The van der Waals surface area contributed by atoms with Crippen molar-refractivity contribution < 1.29 is 149 Å². The highest BCUT2D eigenvalue weighted by Gasteiger charge is 2.80. The van der Waals surface area contributed by atoms with Crippen LogP contribution in [0.15, 0.2) is 11.6 Å². The molecular weight excluding hydrogens is 1260 g/mol. The van der Waals surface area contributed by atoms with Gasteiger partial charge in [0.15, 0.2) is 31.5 Å². The smallest absolute Gasteiger partial charge is 0.397 e. The number of aliphatic hydroxyl groups is 11. The van der Waals surface area contributed by atoms with E-state index in [4.69, 9.17) is 65.8 Å². The Morgan fingerprint density at radius 1 is 0.677 bits per heavy atom. The van der Waals surface area contributed by atoms with Gasteiger partial charge in [-0.25, -0.2) is 4.18 Å². The number of cyclic esters (lactones) is 1. The Kier molecular flexibility index (Phi) is 21.6. The molecule has 0 amide bonds. The minimum absolute atomic E-state index is 0.0207. The molecule has 1 spiro atoms. The Morgan fingerprint density at radius 2 is 1.28 bits per heavy atom. The van der Waals surface area contributed by atoms with Crippen molar-refractivity contribution in [3.05, 3.63) is 11.6 Å². The van der Waals surface area contributed by atoms with Gasteiger partial charge in [0.1, 0.15) is 121 Å². The summed E-state index contributed by atoms with van der Waals surface area (Å²) in [5, 5.41) is 122. The lowest BCUT2D eigenvalue weighted by Crippen LogP contribution is -2.68. The molecule has 32 heteroatoms. The SMILES string of the molecule is CO[C@@H]1[C@@H](O)[C@H](O[C@@H]2[C@@H](O)[C@H](O[C@H]3[C@H](O)[C@@H](C)O[C@@H](O[C@H]4[C@H](O[C@H]5CC[C@]6(C)[C@H]7CC[C@]89C(=O)O[C@@](C)(CC(=O)CC(C)C)[C@H]8[C@@H](OC(C)=O)C[C@@]9(C)C7=CC[C@H]6C5(C)C)OC[C@@H](OS(=O)(=O)O)[C@@H]4O)[C@@H]3O[C@@H]3OC[C@@H](O)[C@H](O)[C@H]3O)O[C@H](CO)[C@H]2O)O[C@H](CO)[C@H]1O. The van der Waals surface area contributed by atoms with Gasteiger partial charge in [0.05, 0.1) is 50.0 Å². The van der Waals surface area contributed by atoms with Gasteiger partial charge in [-0.1, -0.05) is 53.2 Å². The van der Waals surface area contributed by atoms with E-state index in [1.165, 1.54) is 13.8 Å². The number of carbonyl (C=O) groups excluding carboxylic acids is 3. The highest BCUT2D eigenvalue weighted by molar-refractivity contribution is 7.80. The Morgan fingerprint density at radius 3 is 1.89 bits per heavy atom. The number of hydrogen-bond acceptors (Lipinski definition) is 30.